The van der Waals surface area contributed by atoms with Crippen LogP contribution in [-0.4, -0.2) is 33.6 Å². The molecule has 1 aromatic heterocycles. The summed E-state index contributed by atoms with van der Waals surface area (Å²) >= 11 is 0. The third-order valence-electron chi connectivity index (χ3n) is 3.19. The Balaban J connectivity index is 2.06. The zero-order valence-corrected chi connectivity index (χ0v) is 12.7. The molecule has 3 N–H and O–H groups in total. The van der Waals surface area contributed by atoms with Gasteiger partial charge in [0.15, 0.2) is 5.75 Å². The standard InChI is InChI=1S/C15H15N3O6/c1-24-14(22)9-3-2-4-10(13(9)21)16-11(19)5-7-18-8-6-12(20)17-15(18)23/h2-4,6,8,21H,5,7H2,1H3,(H,16,19)(H,17,20,23). The normalized spacial score (nSPS) is 10.2. The fourth-order valence-electron chi connectivity index (χ4n) is 1.97. The van der Waals surface area contributed by atoms with Crippen molar-refractivity contribution in [2.45, 2.75) is 13.0 Å². The van der Waals surface area contributed by atoms with Gasteiger partial charge < -0.3 is 19.7 Å². The van der Waals surface area contributed by atoms with E-state index in [9.17, 15) is 24.3 Å². The number of rotatable bonds is 5. The van der Waals surface area contributed by atoms with Gasteiger partial charge in [-0.1, -0.05) is 6.07 Å². The molecular formula is C15H15N3O6. The predicted octanol–water partition coefficient (Wildman–Crippen LogP) is 0.0576. The fourth-order valence-corrected chi connectivity index (χ4v) is 1.97. The van der Waals surface area contributed by atoms with Crippen LogP contribution in [0.15, 0.2) is 40.1 Å². The Morgan fingerprint density at radius 3 is 2.71 bits per heavy atom. The van der Waals surface area contributed by atoms with Crippen molar-refractivity contribution in [3.63, 3.8) is 0 Å². The zero-order chi connectivity index (χ0) is 17.7. The molecule has 0 saturated carbocycles. The number of hydrogen-bond donors (Lipinski definition) is 3. The van der Waals surface area contributed by atoms with Crippen molar-refractivity contribution in [2.75, 3.05) is 12.4 Å². The van der Waals surface area contributed by atoms with Crippen LogP contribution in [0, 0.1) is 0 Å². The average Bonchev–Trinajstić information content (AvgIpc) is 2.55. The molecule has 1 aromatic carbocycles. The molecule has 0 radical (unpaired) electrons. The molecule has 0 aliphatic rings. The molecule has 0 fully saturated rings. The van der Waals surface area contributed by atoms with Crippen molar-refractivity contribution in [1.29, 1.82) is 0 Å². The highest BCUT2D eigenvalue weighted by Gasteiger charge is 2.16. The lowest BCUT2D eigenvalue weighted by molar-refractivity contribution is -0.116. The molecule has 0 aliphatic carbocycles. The van der Waals surface area contributed by atoms with E-state index in [-0.39, 0.29) is 24.2 Å². The highest BCUT2D eigenvalue weighted by Crippen LogP contribution is 2.28. The van der Waals surface area contributed by atoms with Crippen molar-refractivity contribution in [3.8, 4) is 5.75 Å². The molecule has 0 unspecified atom stereocenters. The molecule has 0 spiro atoms. The van der Waals surface area contributed by atoms with Gasteiger partial charge in [0.1, 0.15) is 5.56 Å². The van der Waals surface area contributed by atoms with Gasteiger partial charge in [-0.25, -0.2) is 9.59 Å². The van der Waals surface area contributed by atoms with Gasteiger partial charge in [-0.2, -0.15) is 0 Å². The number of aromatic amines is 1. The van der Waals surface area contributed by atoms with Crippen molar-refractivity contribution in [3.05, 3.63) is 56.9 Å². The number of carbonyl (C=O) groups excluding carboxylic acids is 2. The Morgan fingerprint density at radius 2 is 2.04 bits per heavy atom. The van der Waals surface area contributed by atoms with E-state index < -0.39 is 28.9 Å². The number of esters is 1. The number of aryl methyl sites for hydroxylation is 1. The number of H-pyrrole nitrogens is 1. The Bertz CT molecular complexity index is 883. The Kier molecular flexibility index (Phi) is 5.15. The lowest BCUT2D eigenvalue weighted by atomic mass is 10.1. The number of phenolic OH excluding ortho intramolecular Hbond substituents is 1. The lowest BCUT2D eigenvalue weighted by Crippen LogP contribution is -2.29. The second-order valence-corrected chi connectivity index (χ2v) is 4.80. The van der Waals surface area contributed by atoms with Gasteiger partial charge in [0.2, 0.25) is 5.91 Å². The van der Waals surface area contributed by atoms with Crippen molar-refractivity contribution in [2.24, 2.45) is 0 Å². The van der Waals surface area contributed by atoms with E-state index >= 15 is 0 Å². The highest BCUT2D eigenvalue weighted by atomic mass is 16.5. The lowest BCUT2D eigenvalue weighted by Gasteiger charge is -2.10. The smallest absolute Gasteiger partial charge is 0.341 e. The van der Waals surface area contributed by atoms with Crippen LogP contribution in [0.1, 0.15) is 16.8 Å². The van der Waals surface area contributed by atoms with Gasteiger partial charge in [0, 0.05) is 25.2 Å². The number of anilines is 1. The number of para-hydroxylation sites is 1. The number of aromatic nitrogens is 2. The van der Waals surface area contributed by atoms with Crippen LogP contribution in [0.3, 0.4) is 0 Å². The number of aromatic hydroxyl groups is 1. The summed E-state index contributed by atoms with van der Waals surface area (Å²) in [5.74, 6) is -1.62. The van der Waals surface area contributed by atoms with Crippen LogP contribution < -0.4 is 16.6 Å². The summed E-state index contributed by atoms with van der Waals surface area (Å²) in [6.45, 7) is 0.0406. The maximum Gasteiger partial charge on any atom is 0.341 e. The highest BCUT2D eigenvalue weighted by molar-refractivity contribution is 5.98. The van der Waals surface area contributed by atoms with Gasteiger partial charge in [0.05, 0.1) is 12.8 Å². The quantitative estimate of drug-likeness (QED) is 0.524. The molecule has 2 aromatic rings. The molecular weight excluding hydrogens is 318 g/mol. The molecule has 0 atom stereocenters. The first kappa shape index (κ1) is 17.0. The third kappa shape index (κ3) is 3.88. The molecule has 2 rings (SSSR count). The number of amides is 1. The summed E-state index contributed by atoms with van der Waals surface area (Å²) in [5, 5.41) is 12.4. The van der Waals surface area contributed by atoms with Gasteiger partial charge in [-0.3, -0.25) is 14.6 Å². The first-order valence-corrected chi connectivity index (χ1v) is 6.92. The summed E-state index contributed by atoms with van der Waals surface area (Å²) in [5.41, 5.74) is -1.17. The molecule has 24 heavy (non-hydrogen) atoms. The van der Waals surface area contributed by atoms with Crippen LogP contribution in [0.5, 0.6) is 5.75 Å². The molecule has 1 heterocycles. The monoisotopic (exact) mass is 333 g/mol. The van der Waals surface area contributed by atoms with E-state index in [0.717, 1.165) is 0 Å². The summed E-state index contributed by atoms with van der Waals surface area (Å²) in [7, 11) is 1.18. The molecule has 9 nitrogen and oxygen atoms in total. The zero-order valence-electron chi connectivity index (χ0n) is 12.7. The molecule has 0 saturated heterocycles. The van der Waals surface area contributed by atoms with E-state index in [1.807, 2.05) is 0 Å². The third-order valence-corrected chi connectivity index (χ3v) is 3.19. The van der Waals surface area contributed by atoms with E-state index in [1.54, 1.807) is 0 Å². The second kappa shape index (κ2) is 7.27. The van der Waals surface area contributed by atoms with Gasteiger partial charge in [0.25, 0.3) is 5.56 Å². The van der Waals surface area contributed by atoms with Crippen LogP contribution in [0.25, 0.3) is 0 Å². The number of carbonyl (C=O) groups is 2. The van der Waals surface area contributed by atoms with E-state index in [2.05, 4.69) is 15.0 Å². The average molecular weight is 333 g/mol. The summed E-state index contributed by atoms with van der Waals surface area (Å²) in [6.07, 6.45) is 1.21. The maximum absolute atomic E-state index is 11.9. The predicted molar refractivity (Wildman–Crippen MR) is 84.0 cm³/mol. The van der Waals surface area contributed by atoms with Gasteiger partial charge in [-0.05, 0) is 12.1 Å². The first-order valence-electron chi connectivity index (χ1n) is 6.92. The van der Waals surface area contributed by atoms with Crippen molar-refractivity contribution >= 4 is 17.6 Å². The molecule has 9 heteroatoms. The Labute approximate surface area is 135 Å². The summed E-state index contributed by atoms with van der Waals surface area (Å²) < 4.78 is 5.70. The molecule has 1 amide bonds. The second-order valence-electron chi connectivity index (χ2n) is 4.80. The van der Waals surface area contributed by atoms with Crippen LogP contribution in [0.2, 0.25) is 0 Å². The minimum Gasteiger partial charge on any atom is -0.505 e. The van der Waals surface area contributed by atoms with Gasteiger partial charge >= 0.3 is 11.7 Å². The van der Waals surface area contributed by atoms with Gasteiger partial charge in [-0.15, -0.1) is 0 Å². The summed E-state index contributed by atoms with van der Waals surface area (Å²) in [4.78, 5) is 48.0. The number of hydrogen-bond acceptors (Lipinski definition) is 6. The minimum absolute atomic E-state index is 0.0406. The minimum atomic E-state index is -0.733. The number of phenols is 1. The first-order chi connectivity index (χ1) is 11.4. The van der Waals surface area contributed by atoms with E-state index in [1.165, 1.54) is 42.1 Å². The SMILES string of the molecule is COC(=O)c1cccc(NC(=O)CCn2ccc(=O)[nH]c2=O)c1O. The van der Waals surface area contributed by atoms with Crippen molar-refractivity contribution in [1.82, 2.24) is 9.55 Å². The largest absolute Gasteiger partial charge is 0.505 e. The number of nitrogens with one attached hydrogen (secondary N) is 2. The summed E-state index contributed by atoms with van der Waals surface area (Å²) in [6, 6.07) is 5.43. The fraction of sp³-hybridized carbons (Fsp3) is 0.200. The van der Waals surface area contributed by atoms with Crippen LogP contribution in [0.4, 0.5) is 5.69 Å². The van der Waals surface area contributed by atoms with Crippen LogP contribution in [-0.2, 0) is 16.1 Å². The molecule has 126 valence electrons. The Morgan fingerprint density at radius 1 is 1.29 bits per heavy atom. The van der Waals surface area contributed by atoms with Crippen molar-refractivity contribution < 1.29 is 19.4 Å². The number of nitrogens with zero attached hydrogens (tertiary/aromatic N) is 1. The number of ether oxygens (including phenoxy) is 1. The van der Waals surface area contributed by atoms with E-state index in [0.29, 0.717) is 0 Å². The number of benzene rings is 1. The topological polar surface area (TPSA) is 130 Å². The number of methoxy groups -OCH3 is 1. The van der Waals surface area contributed by atoms with Crippen LogP contribution >= 0.6 is 0 Å². The maximum atomic E-state index is 11.9. The van der Waals surface area contributed by atoms with E-state index in [4.69, 9.17) is 0 Å². The molecule has 0 aliphatic heterocycles. The Hall–Kier alpha value is -3.36. The molecule has 0 bridgehead atoms.